The zero-order chi connectivity index (χ0) is 14.8. The summed E-state index contributed by atoms with van der Waals surface area (Å²) in [5, 5.41) is 10.5. The fourth-order valence-electron chi connectivity index (χ4n) is 2.72. The molecule has 0 amide bonds. The predicted molar refractivity (Wildman–Crippen MR) is 79.8 cm³/mol. The van der Waals surface area contributed by atoms with E-state index in [0.29, 0.717) is 12.8 Å². The molecule has 0 aromatic heterocycles. The van der Waals surface area contributed by atoms with Gasteiger partial charge >= 0.3 is 0 Å². The van der Waals surface area contributed by atoms with E-state index < -0.39 is 26.9 Å². The zero-order valence-electron chi connectivity index (χ0n) is 12.0. The van der Waals surface area contributed by atoms with Gasteiger partial charge < -0.3 is 5.11 Å². The van der Waals surface area contributed by atoms with E-state index in [9.17, 15) is 13.5 Å². The van der Waals surface area contributed by atoms with Crippen molar-refractivity contribution in [1.82, 2.24) is 4.72 Å². The monoisotopic (exact) mass is 297 g/mol. The van der Waals surface area contributed by atoms with Crippen LogP contribution in [0.15, 0.2) is 30.3 Å². The van der Waals surface area contributed by atoms with Crippen LogP contribution in [0.4, 0.5) is 0 Å². The van der Waals surface area contributed by atoms with Crippen LogP contribution >= 0.6 is 0 Å². The molecular weight excluding hydrogens is 274 g/mol. The number of nitrogens with one attached hydrogen (secondary N) is 1. The lowest BCUT2D eigenvalue weighted by atomic mass is 9.76. The number of benzene rings is 1. The van der Waals surface area contributed by atoms with Crippen molar-refractivity contribution in [3.8, 4) is 0 Å². The second-order valence-corrected chi connectivity index (χ2v) is 8.07. The molecule has 2 unspecified atom stereocenters. The van der Waals surface area contributed by atoms with Crippen molar-refractivity contribution in [3.63, 3.8) is 0 Å². The van der Waals surface area contributed by atoms with E-state index in [1.165, 1.54) is 0 Å². The third-order valence-electron chi connectivity index (χ3n) is 4.08. The maximum Gasteiger partial charge on any atom is 0.214 e. The molecule has 2 N–H and O–H groups in total. The smallest absolute Gasteiger partial charge is 0.214 e. The van der Waals surface area contributed by atoms with Crippen LogP contribution < -0.4 is 4.72 Å². The van der Waals surface area contributed by atoms with Crippen LogP contribution in [0.5, 0.6) is 0 Å². The van der Waals surface area contributed by atoms with Gasteiger partial charge in [0.2, 0.25) is 10.0 Å². The highest BCUT2D eigenvalue weighted by Gasteiger charge is 2.42. The molecule has 0 bridgehead atoms. The van der Waals surface area contributed by atoms with E-state index in [1.807, 2.05) is 30.3 Å². The minimum atomic E-state index is -3.39. The Bertz CT molecular complexity index is 541. The number of sulfonamides is 1. The average molecular weight is 297 g/mol. The molecule has 1 aromatic rings. The summed E-state index contributed by atoms with van der Waals surface area (Å²) in [5.74, 6) is 0. The summed E-state index contributed by atoms with van der Waals surface area (Å²) in [6.45, 7) is 3.29. The molecular formula is C15H23NO3S. The molecule has 0 spiro atoms. The molecule has 0 aliphatic heterocycles. The molecule has 0 saturated heterocycles. The lowest BCUT2D eigenvalue weighted by Gasteiger charge is -2.40. The SMILES string of the molecule is CC(C)S(=O)(=O)NC1CCCCC1(O)c1ccccc1. The fraction of sp³-hybridized carbons (Fsp3) is 0.600. The van der Waals surface area contributed by atoms with Gasteiger partial charge in [-0.1, -0.05) is 43.2 Å². The Balaban J connectivity index is 2.30. The summed E-state index contributed by atoms with van der Waals surface area (Å²) in [6, 6.07) is 8.91. The Kier molecular flexibility index (Phi) is 4.52. The van der Waals surface area contributed by atoms with Crippen LogP contribution in [0.3, 0.4) is 0 Å². The quantitative estimate of drug-likeness (QED) is 0.895. The summed E-state index contributed by atoms with van der Waals surface area (Å²) >= 11 is 0. The van der Waals surface area contributed by atoms with Gasteiger partial charge in [0.25, 0.3) is 0 Å². The highest BCUT2D eigenvalue weighted by atomic mass is 32.2. The van der Waals surface area contributed by atoms with Crippen LogP contribution in [-0.4, -0.2) is 24.8 Å². The summed E-state index contributed by atoms with van der Waals surface area (Å²) in [5.41, 5.74) is -0.322. The van der Waals surface area contributed by atoms with E-state index >= 15 is 0 Å². The van der Waals surface area contributed by atoms with Crippen molar-refractivity contribution in [2.24, 2.45) is 0 Å². The molecule has 2 rings (SSSR count). The predicted octanol–water partition coefficient (Wildman–Crippen LogP) is 2.14. The van der Waals surface area contributed by atoms with Crippen molar-refractivity contribution >= 4 is 10.0 Å². The molecule has 1 saturated carbocycles. The van der Waals surface area contributed by atoms with Crippen molar-refractivity contribution in [2.45, 2.75) is 56.4 Å². The van der Waals surface area contributed by atoms with Gasteiger partial charge in [-0.25, -0.2) is 13.1 Å². The number of hydrogen-bond donors (Lipinski definition) is 2. The first-order valence-corrected chi connectivity index (χ1v) is 8.70. The molecule has 1 aliphatic carbocycles. The molecule has 0 radical (unpaired) electrons. The van der Waals surface area contributed by atoms with Crippen molar-refractivity contribution < 1.29 is 13.5 Å². The van der Waals surface area contributed by atoms with E-state index in [4.69, 9.17) is 0 Å². The lowest BCUT2D eigenvalue weighted by molar-refractivity contribution is -0.0249. The maximum atomic E-state index is 12.1. The second-order valence-electron chi connectivity index (χ2n) is 5.80. The van der Waals surface area contributed by atoms with E-state index in [-0.39, 0.29) is 0 Å². The van der Waals surface area contributed by atoms with E-state index in [2.05, 4.69) is 4.72 Å². The molecule has 5 heteroatoms. The van der Waals surface area contributed by atoms with Gasteiger partial charge in [0.15, 0.2) is 0 Å². The number of aliphatic hydroxyl groups is 1. The van der Waals surface area contributed by atoms with Crippen LogP contribution in [0.25, 0.3) is 0 Å². The van der Waals surface area contributed by atoms with Gasteiger partial charge in [0, 0.05) is 0 Å². The fourth-order valence-corrected chi connectivity index (χ4v) is 3.70. The summed E-state index contributed by atoms with van der Waals surface area (Å²) in [7, 11) is -3.39. The molecule has 1 fully saturated rings. The maximum absolute atomic E-state index is 12.1. The Morgan fingerprint density at radius 3 is 2.50 bits per heavy atom. The first kappa shape index (κ1) is 15.5. The van der Waals surface area contributed by atoms with Crippen LogP contribution in [0, 0.1) is 0 Å². The largest absolute Gasteiger partial charge is 0.383 e. The Morgan fingerprint density at radius 1 is 1.25 bits per heavy atom. The average Bonchev–Trinajstić information content (AvgIpc) is 2.42. The highest BCUT2D eigenvalue weighted by Crippen LogP contribution is 2.37. The molecule has 112 valence electrons. The minimum absolute atomic E-state index is 0.453. The topological polar surface area (TPSA) is 66.4 Å². The lowest BCUT2D eigenvalue weighted by Crippen LogP contribution is -2.53. The number of hydrogen-bond acceptors (Lipinski definition) is 3. The minimum Gasteiger partial charge on any atom is -0.383 e. The van der Waals surface area contributed by atoms with Gasteiger partial charge in [-0.15, -0.1) is 0 Å². The van der Waals surface area contributed by atoms with Crippen molar-refractivity contribution in [1.29, 1.82) is 0 Å². The van der Waals surface area contributed by atoms with Crippen LogP contribution in [0.1, 0.15) is 45.1 Å². The van der Waals surface area contributed by atoms with E-state index in [1.54, 1.807) is 13.8 Å². The van der Waals surface area contributed by atoms with Crippen LogP contribution in [0.2, 0.25) is 0 Å². The Hall–Kier alpha value is -0.910. The summed E-state index contributed by atoms with van der Waals surface area (Å²) in [6.07, 6.45) is 3.09. The molecule has 1 aliphatic rings. The van der Waals surface area contributed by atoms with Gasteiger partial charge in [-0.3, -0.25) is 0 Å². The van der Waals surface area contributed by atoms with E-state index in [0.717, 1.165) is 18.4 Å². The van der Waals surface area contributed by atoms with Crippen molar-refractivity contribution in [3.05, 3.63) is 35.9 Å². The first-order chi connectivity index (χ1) is 9.36. The summed E-state index contributed by atoms with van der Waals surface area (Å²) in [4.78, 5) is 0. The molecule has 1 aromatic carbocycles. The van der Waals surface area contributed by atoms with Gasteiger partial charge in [-0.2, -0.15) is 0 Å². The Labute approximate surface area is 121 Å². The highest BCUT2D eigenvalue weighted by molar-refractivity contribution is 7.90. The second kappa shape index (κ2) is 5.84. The molecule has 4 nitrogen and oxygen atoms in total. The van der Waals surface area contributed by atoms with Gasteiger partial charge in [0.05, 0.1) is 11.3 Å². The third-order valence-corrected chi connectivity index (χ3v) is 5.93. The number of rotatable bonds is 4. The zero-order valence-corrected chi connectivity index (χ0v) is 12.9. The summed E-state index contributed by atoms with van der Waals surface area (Å²) < 4.78 is 26.9. The van der Waals surface area contributed by atoms with Gasteiger partial charge in [0.1, 0.15) is 5.60 Å². The molecule has 20 heavy (non-hydrogen) atoms. The Morgan fingerprint density at radius 2 is 1.90 bits per heavy atom. The van der Waals surface area contributed by atoms with Crippen LogP contribution in [-0.2, 0) is 15.6 Å². The standard InChI is InChI=1S/C15H23NO3S/c1-12(2)20(18,19)16-14-10-6-7-11-15(14,17)13-8-4-3-5-9-13/h3-5,8-9,12,14,16-17H,6-7,10-11H2,1-2H3. The molecule has 2 atom stereocenters. The first-order valence-electron chi connectivity index (χ1n) is 7.15. The normalized spacial score (nSPS) is 27.7. The van der Waals surface area contributed by atoms with Gasteiger partial charge in [-0.05, 0) is 32.3 Å². The molecule has 0 heterocycles. The third kappa shape index (κ3) is 3.05. The van der Waals surface area contributed by atoms with Crippen molar-refractivity contribution in [2.75, 3.05) is 0 Å².